The Kier molecular flexibility index (Phi) is 1.65. The van der Waals surface area contributed by atoms with Gasteiger partial charge in [-0.1, -0.05) is 0 Å². The Bertz CT molecular complexity index is 493. The van der Waals surface area contributed by atoms with E-state index >= 15 is 0 Å². The first kappa shape index (κ1) is 7.97. The highest BCUT2D eigenvalue weighted by atomic mass is 15.1. The number of imidazole rings is 1. The van der Waals surface area contributed by atoms with Gasteiger partial charge in [0.2, 0.25) is 0 Å². The Morgan fingerprint density at radius 1 is 1.38 bits per heavy atom. The van der Waals surface area contributed by atoms with E-state index in [2.05, 4.69) is 9.97 Å². The van der Waals surface area contributed by atoms with Crippen LogP contribution in [0, 0.1) is 5.41 Å². The summed E-state index contributed by atoms with van der Waals surface area (Å²) < 4.78 is 3.57. The molecular formula is C8H11N5. The Balaban J connectivity index is 2.89. The molecule has 0 spiro atoms. The van der Waals surface area contributed by atoms with Crippen LogP contribution in [0.5, 0.6) is 0 Å². The van der Waals surface area contributed by atoms with Crippen molar-refractivity contribution in [2.45, 2.75) is 13.5 Å². The van der Waals surface area contributed by atoms with E-state index in [1.54, 1.807) is 24.3 Å². The van der Waals surface area contributed by atoms with Crippen molar-refractivity contribution in [3.63, 3.8) is 0 Å². The molecule has 0 bridgehead atoms. The van der Waals surface area contributed by atoms with Crippen LogP contribution in [0.3, 0.4) is 0 Å². The fraction of sp³-hybridized carbons (Fsp3) is 0.375. The zero-order chi connectivity index (χ0) is 9.42. The van der Waals surface area contributed by atoms with Crippen LogP contribution in [-0.4, -0.2) is 19.1 Å². The van der Waals surface area contributed by atoms with Gasteiger partial charge in [0.25, 0.3) is 0 Å². The largest absolute Gasteiger partial charge is 0.319 e. The summed E-state index contributed by atoms with van der Waals surface area (Å²) in [6, 6.07) is 0. The average Bonchev–Trinajstić information content (AvgIpc) is 2.55. The summed E-state index contributed by atoms with van der Waals surface area (Å²) in [4.78, 5) is 8.36. The van der Waals surface area contributed by atoms with E-state index in [-0.39, 0.29) is 0 Å². The van der Waals surface area contributed by atoms with Gasteiger partial charge < -0.3 is 9.13 Å². The topological polar surface area (TPSA) is 59.5 Å². The first-order chi connectivity index (χ1) is 6.24. The van der Waals surface area contributed by atoms with Gasteiger partial charge in [-0.3, -0.25) is 5.41 Å². The van der Waals surface area contributed by atoms with Crippen LogP contribution in [0.15, 0.2) is 12.7 Å². The van der Waals surface area contributed by atoms with Gasteiger partial charge in [0, 0.05) is 13.6 Å². The quantitative estimate of drug-likeness (QED) is 0.679. The molecule has 0 aliphatic heterocycles. The number of nitrogens with zero attached hydrogens (tertiary/aromatic N) is 4. The van der Waals surface area contributed by atoms with Crippen molar-refractivity contribution in [3.05, 3.63) is 18.1 Å². The summed E-state index contributed by atoms with van der Waals surface area (Å²) in [5, 5.41) is 7.72. The third-order valence-electron chi connectivity index (χ3n) is 2.08. The van der Waals surface area contributed by atoms with Crippen LogP contribution in [0.2, 0.25) is 0 Å². The Morgan fingerprint density at radius 3 is 2.85 bits per heavy atom. The monoisotopic (exact) mass is 177 g/mol. The van der Waals surface area contributed by atoms with Crippen molar-refractivity contribution in [1.82, 2.24) is 19.1 Å². The number of fused-ring (bicyclic) bond motifs is 1. The highest BCUT2D eigenvalue weighted by Crippen LogP contribution is 2.03. The summed E-state index contributed by atoms with van der Waals surface area (Å²) in [5.41, 5.74) is 1.84. The first-order valence-corrected chi connectivity index (χ1v) is 4.15. The van der Waals surface area contributed by atoms with E-state index in [0.29, 0.717) is 11.0 Å². The number of aryl methyl sites for hydroxylation is 2. The lowest BCUT2D eigenvalue weighted by Crippen LogP contribution is -2.17. The molecule has 0 amide bonds. The minimum atomic E-state index is 0.400. The molecular weight excluding hydrogens is 166 g/mol. The minimum absolute atomic E-state index is 0.400. The molecule has 0 radical (unpaired) electrons. The molecule has 0 atom stereocenters. The number of hydrogen-bond donors (Lipinski definition) is 1. The summed E-state index contributed by atoms with van der Waals surface area (Å²) in [6.07, 6.45) is 3.36. The fourth-order valence-electron chi connectivity index (χ4n) is 1.28. The van der Waals surface area contributed by atoms with Crippen LogP contribution < -0.4 is 5.49 Å². The van der Waals surface area contributed by atoms with Crippen molar-refractivity contribution in [1.29, 1.82) is 5.41 Å². The molecule has 2 heterocycles. The fourth-order valence-corrected chi connectivity index (χ4v) is 1.28. The van der Waals surface area contributed by atoms with E-state index in [9.17, 15) is 0 Å². The molecule has 0 aliphatic carbocycles. The average molecular weight is 177 g/mol. The predicted octanol–water partition coefficient (Wildman–Crippen LogP) is 0.269. The van der Waals surface area contributed by atoms with E-state index in [0.717, 1.165) is 12.2 Å². The van der Waals surface area contributed by atoms with E-state index in [1.807, 2.05) is 11.5 Å². The van der Waals surface area contributed by atoms with Gasteiger partial charge in [0.05, 0.1) is 12.7 Å². The molecule has 1 N–H and O–H groups in total. The predicted molar refractivity (Wildman–Crippen MR) is 48.0 cm³/mol. The smallest absolute Gasteiger partial charge is 0.165 e. The molecule has 0 aliphatic rings. The molecule has 13 heavy (non-hydrogen) atoms. The second kappa shape index (κ2) is 2.69. The van der Waals surface area contributed by atoms with Crippen LogP contribution in [0.1, 0.15) is 6.92 Å². The molecule has 0 saturated heterocycles. The highest BCUT2D eigenvalue weighted by Gasteiger charge is 2.04. The van der Waals surface area contributed by atoms with E-state index < -0.39 is 0 Å². The summed E-state index contributed by atoms with van der Waals surface area (Å²) >= 11 is 0. The molecule has 0 aromatic carbocycles. The van der Waals surface area contributed by atoms with Gasteiger partial charge in [-0.2, -0.15) is 0 Å². The molecule has 0 fully saturated rings. The molecule has 2 rings (SSSR count). The van der Waals surface area contributed by atoms with Crippen molar-refractivity contribution in [2.24, 2.45) is 7.05 Å². The summed E-state index contributed by atoms with van der Waals surface area (Å²) in [7, 11) is 1.79. The molecule has 0 saturated carbocycles. The molecule has 0 unspecified atom stereocenters. The molecule has 5 heteroatoms. The lowest BCUT2D eigenvalue weighted by molar-refractivity contribution is 0.763. The highest BCUT2D eigenvalue weighted by molar-refractivity contribution is 5.68. The van der Waals surface area contributed by atoms with Crippen molar-refractivity contribution < 1.29 is 0 Å². The van der Waals surface area contributed by atoms with Gasteiger partial charge in [0.1, 0.15) is 5.52 Å². The Hall–Kier alpha value is -1.65. The van der Waals surface area contributed by atoms with Crippen molar-refractivity contribution >= 4 is 11.2 Å². The number of rotatable bonds is 1. The zero-order valence-electron chi connectivity index (χ0n) is 7.65. The third-order valence-corrected chi connectivity index (χ3v) is 2.08. The SMILES string of the molecule is CCn1cnc2c(=N)n(C)cnc21. The van der Waals surface area contributed by atoms with Gasteiger partial charge >= 0.3 is 0 Å². The van der Waals surface area contributed by atoms with Gasteiger partial charge in [-0.15, -0.1) is 0 Å². The van der Waals surface area contributed by atoms with Crippen LogP contribution in [0.4, 0.5) is 0 Å². The lowest BCUT2D eigenvalue weighted by atomic mass is 10.5. The number of nitrogens with one attached hydrogen (secondary N) is 1. The second-order valence-electron chi connectivity index (χ2n) is 2.91. The standard InChI is InChI=1S/C8H11N5/c1-3-13-5-10-6-7(9)12(2)4-11-8(6)13/h4-5,9H,3H2,1-2H3. The lowest BCUT2D eigenvalue weighted by Gasteiger charge is -1.99. The maximum absolute atomic E-state index is 7.72. The van der Waals surface area contributed by atoms with Crippen LogP contribution in [-0.2, 0) is 13.6 Å². The summed E-state index contributed by atoms with van der Waals surface area (Å²) in [5.74, 6) is 0. The normalized spacial score (nSPS) is 10.9. The first-order valence-electron chi connectivity index (χ1n) is 4.15. The van der Waals surface area contributed by atoms with Crippen molar-refractivity contribution in [3.8, 4) is 0 Å². The Morgan fingerprint density at radius 2 is 2.15 bits per heavy atom. The molecule has 5 nitrogen and oxygen atoms in total. The number of hydrogen-bond acceptors (Lipinski definition) is 3. The van der Waals surface area contributed by atoms with E-state index in [1.165, 1.54) is 0 Å². The maximum atomic E-state index is 7.72. The maximum Gasteiger partial charge on any atom is 0.165 e. The van der Waals surface area contributed by atoms with Gasteiger partial charge in [-0.25, -0.2) is 9.97 Å². The number of aromatic nitrogens is 4. The molecule has 68 valence electrons. The van der Waals surface area contributed by atoms with Crippen LogP contribution >= 0.6 is 0 Å². The van der Waals surface area contributed by atoms with Gasteiger partial charge in [0.15, 0.2) is 11.1 Å². The van der Waals surface area contributed by atoms with Crippen LogP contribution in [0.25, 0.3) is 11.2 Å². The molecule has 2 aromatic heterocycles. The van der Waals surface area contributed by atoms with E-state index in [4.69, 9.17) is 5.41 Å². The summed E-state index contributed by atoms with van der Waals surface area (Å²) in [6.45, 7) is 2.86. The molecule has 2 aromatic rings. The third kappa shape index (κ3) is 1.04. The Labute approximate surface area is 75.2 Å². The van der Waals surface area contributed by atoms with Crippen molar-refractivity contribution in [2.75, 3.05) is 0 Å². The van der Waals surface area contributed by atoms with Gasteiger partial charge in [-0.05, 0) is 6.92 Å². The zero-order valence-corrected chi connectivity index (χ0v) is 7.65. The second-order valence-corrected chi connectivity index (χ2v) is 2.91. The minimum Gasteiger partial charge on any atom is -0.319 e.